The van der Waals surface area contributed by atoms with Crippen molar-refractivity contribution in [2.45, 2.75) is 63.1 Å². The number of hydrogen-bond donors (Lipinski definition) is 1. The quantitative estimate of drug-likeness (QED) is 0.580. The van der Waals surface area contributed by atoms with Crippen molar-refractivity contribution in [3.05, 3.63) is 41.0 Å². The number of carbonyl (C=O) groups excluding carboxylic acids is 1. The highest BCUT2D eigenvalue weighted by atomic mass is 16.5. The van der Waals surface area contributed by atoms with E-state index in [9.17, 15) is 9.90 Å². The Bertz CT molecular complexity index is 971. The molecule has 4 heteroatoms. The van der Waals surface area contributed by atoms with Crippen LogP contribution in [0, 0.1) is 29.6 Å². The van der Waals surface area contributed by atoms with Crippen molar-refractivity contribution in [1.29, 1.82) is 0 Å². The summed E-state index contributed by atoms with van der Waals surface area (Å²) in [5.41, 5.74) is 3.64. The van der Waals surface area contributed by atoms with Crippen LogP contribution in [0.2, 0.25) is 0 Å². The summed E-state index contributed by atoms with van der Waals surface area (Å²) in [6.45, 7) is 2.73. The predicted molar refractivity (Wildman–Crippen MR) is 122 cm³/mol. The molecule has 0 radical (unpaired) electrons. The largest absolute Gasteiger partial charge is 0.378 e. The summed E-state index contributed by atoms with van der Waals surface area (Å²) < 4.78 is 6.53. The maximum absolute atomic E-state index is 12.1. The van der Waals surface area contributed by atoms with Gasteiger partial charge in [0.25, 0.3) is 0 Å². The van der Waals surface area contributed by atoms with Gasteiger partial charge >= 0.3 is 0 Å². The number of ether oxygens (including phenoxy) is 1. The molecule has 31 heavy (non-hydrogen) atoms. The molecule has 0 aromatic heterocycles. The zero-order valence-electron chi connectivity index (χ0n) is 18.9. The van der Waals surface area contributed by atoms with E-state index in [0.29, 0.717) is 31.7 Å². The Kier molecular flexibility index (Phi) is 4.84. The molecule has 1 N–H and O–H groups in total. The van der Waals surface area contributed by atoms with E-state index in [1.807, 2.05) is 14.1 Å². The van der Waals surface area contributed by atoms with Gasteiger partial charge in [0, 0.05) is 44.0 Å². The molecule has 3 aliphatic carbocycles. The number of ketones is 1. The third-order valence-electron chi connectivity index (χ3n) is 8.87. The Balaban J connectivity index is 1.62. The third kappa shape index (κ3) is 3.01. The first-order chi connectivity index (χ1) is 14.8. The zero-order chi connectivity index (χ0) is 22.0. The maximum atomic E-state index is 12.1. The van der Waals surface area contributed by atoms with Gasteiger partial charge < -0.3 is 14.7 Å². The monoisotopic (exact) mass is 419 g/mol. The molecule has 1 heterocycles. The van der Waals surface area contributed by atoms with Gasteiger partial charge in [-0.15, -0.1) is 6.42 Å². The molecule has 4 aliphatic rings. The third-order valence-corrected chi connectivity index (χ3v) is 8.87. The Morgan fingerprint density at radius 2 is 1.97 bits per heavy atom. The Morgan fingerprint density at radius 1 is 1.23 bits per heavy atom. The first-order valence-corrected chi connectivity index (χ1v) is 11.6. The molecule has 6 atom stereocenters. The van der Waals surface area contributed by atoms with Crippen LogP contribution in [-0.4, -0.2) is 43.3 Å². The number of terminal acetylenes is 1. The van der Waals surface area contributed by atoms with Crippen LogP contribution in [0.1, 0.15) is 56.9 Å². The number of benzene rings is 1. The van der Waals surface area contributed by atoms with Crippen LogP contribution in [0.15, 0.2) is 35.4 Å². The van der Waals surface area contributed by atoms with Gasteiger partial charge in [-0.25, -0.2) is 0 Å². The van der Waals surface area contributed by atoms with Crippen LogP contribution in [0.3, 0.4) is 0 Å². The maximum Gasteiger partial charge on any atom is 0.137 e. The molecule has 2 fully saturated rings. The van der Waals surface area contributed by atoms with Gasteiger partial charge in [-0.2, -0.15) is 0 Å². The molecular weight excluding hydrogens is 386 g/mol. The lowest BCUT2D eigenvalue weighted by atomic mass is 9.53. The van der Waals surface area contributed by atoms with Gasteiger partial charge in [0.1, 0.15) is 11.4 Å². The van der Waals surface area contributed by atoms with E-state index in [4.69, 9.17) is 11.2 Å². The molecule has 5 rings (SSSR count). The highest BCUT2D eigenvalue weighted by molar-refractivity contribution is 5.83. The summed E-state index contributed by atoms with van der Waals surface area (Å²) in [5, 5.41) is 11.4. The van der Waals surface area contributed by atoms with E-state index < -0.39 is 5.60 Å². The number of aliphatic hydroxyl groups is 1. The fourth-order valence-electron chi connectivity index (χ4n) is 7.06. The van der Waals surface area contributed by atoms with E-state index in [1.54, 1.807) is 0 Å². The molecule has 0 spiro atoms. The fraction of sp³-hybridized carbons (Fsp3) is 0.593. The van der Waals surface area contributed by atoms with Crippen LogP contribution >= 0.6 is 0 Å². The van der Waals surface area contributed by atoms with E-state index in [2.05, 4.69) is 42.0 Å². The minimum Gasteiger partial charge on any atom is -0.378 e. The van der Waals surface area contributed by atoms with Crippen molar-refractivity contribution in [2.24, 2.45) is 17.3 Å². The van der Waals surface area contributed by atoms with Crippen LogP contribution < -0.4 is 4.90 Å². The van der Waals surface area contributed by atoms with Crippen molar-refractivity contribution in [3.63, 3.8) is 0 Å². The second kappa shape index (κ2) is 7.22. The predicted octanol–water partition coefficient (Wildman–Crippen LogP) is 4.09. The van der Waals surface area contributed by atoms with Crippen LogP contribution in [0.5, 0.6) is 0 Å². The smallest absolute Gasteiger partial charge is 0.137 e. The summed E-state index contributed by atoms with van der Waals surface area (Å²) in [5.74, 6) is 3.82. The average Bonchev–Trinajstić information content (AvgIpc) is 3.04. The lowest BCUT2D eigenvalue weighted by Gasteiger charge is -2.56. The van der Waals surface area contributed by atoms with E-state index >= 15 is 0 Å². The van der Waals surface area contributed by atoms with Crippen molar-refractivity contribution < 1.29 is 14.6 Å². The van der Waals surface area contributed by atoms with E-state index in [-0.39, 0.29) is 29.3 Å². The van der Waals surface area contributed by atoms with Gasteiger partial charge in [0.15, 0.2) is 0 Å². The highest BCUT2D eigenvalue weighted by Gasteiger charge is 2.64. The Hall–Kier alpha value is -2.09. The lowest BCUT2D eigenvalue weighted by Crippen LogP contribution is -2.56. The molecule has 6 unspecified atom stereocenters. The second-order valence-corrected chi connectivity index (χ2v) is 10.5. The van der Waals surface area contributed by atoms with Gasteiger partial charge in [-0.05, 0) is 60.8 Å². The molecule has 1 aromatic rings. The topological polar surface area (TPSA) is 49.8 Å². The summed E-state index contributed by atoms with van der Waals surface area (Å²) in [6.07, 6.45) is 10.4. The molecular formula is C27H33NO3. The minimum atomic E-state index is -1.09. The van der Waals surface area contributed by atoms with E-state index in [0.717, 1.165) is 19.3 Å². The number of fused-ring (bicyclic) bond motifs is 4. The molecule has 1 aromatic carbocycles. The number of rotatable bonds is 2. The van der Waals surface area contributed by atoms with Gasteiger partial charge in [-0.1, -0.05) is 30.6 Å². The first kappa shape index (κ1) is 20.8. The van der Waals surface area contributed by atoms with Crippen molar-refractivity contribution in [2.75, 3.05) is 25.6 Å². The molecule has 4 nitrogen and oxygen atoms in total. The summed E-state index contributed by atoms with van der Waals surface area (Å²) >= 11 is 0. The molecule has 0 bridgehead atoms. The van der Waals surface area contributed by atoms with Gasteiger partial charge in [0.05, 0.1) is 12.7 Å². The summed E-state index contributed by atoms with van der Waals surface area (Å²) in [4.78, 5) is 14.2. The lowest BCUT2D eigenvalue weighted by molar-refractivity contribution is -0.134. The number of anilines is 1. The van der Waals surface area contributed by atoms with Crippen molar-refractivity contribution in [1.82, 2.24) is 0 Å². The number of nitrogens with zero attached hydrogens (tertiary/aromatic N) is 1. The molecule has 0 amide bonds. The van der Waals surface area contributed by atoms with Gasteiger partial charge in [-0.3, -0.25) is 4.79 Å². The Labute approximate surface area is 185 Å². The van der Waals surface area contributed by atoms with Crippen LogP contribution in [-0.2, 0) is 9.53 Å². The summed E-state index contributed by atoms with van der Waals surface area (Å²) in [6, 6.07) is 8.80. The van der Waals surface area contributed by atoms with Crippen molar-refractivity contribution >= 4 is 11.5 Å². The normalized spacial score (nSPS) is 39.4. The van der Waals surface area contributed by atoms with Crippen molar-refractivity contribution in [3.8, 4) is 12.3 Å². The molecule has 0 saturated heterocycles. The summed E-state index contributed by atoms with van der Waals surface area (Å²) in [7, 11) is 4.10. The first-order valence-electron chi connectivity index (χ1n) is 11.6. The van der Waals surface area contributed by atoms with Crippen LogP contribution in [0.25, 0.3) is 0 Å². The number of carbonyl (C=O) groups is 1. The molecule has 2 saturated carbocycles. The van der Waals surface area contributed by atoms with E-state index in [1.165, 1.54) is 22.4 Å². The molecule has 1 aliphatic heterocycles. The van der Waals surface area contributed by atoms with Crippen LogP contribution in [0.4, 0.5) is 5.69 Å². The highest BCUT2D eigenvalue weighted by Crippen LogP contribution is 2.64. The number of Topliss-reactive ketones (excluding diaryl/α,β-unsaturated/α-hetero) is 1. The fourth-order valence-corrected chi connectivity index (χ4v) is 7.06. The Morgan fingerprint density at radius 3 is 2.65 bits per heavy atom. The average molecular weight is 420 g/mol. The standard InChI is InChI=1S/C27H33NO3/c1-5-27(30)13-12-23-25-24(21-11-10-20(29)14-18(21)16-31-25)22(15-26(23,27)2)17-6-8-19(9-7-17)28(3)4/h1,6-9,22-25,30H,10-16H2,2-4H3. The van der Waals surface area contributed by atoms with Gasteiger partial charge in [0.2, 0.25) is 0 Å². The minimum absolute atomic E-state index is 0.0478. The number of hydrogen-bond acceptors (Lipinski definition) is 4. The zero-order valence-corrected chi connectivity index (χ0v) is 18.9. The second-order valence-electron chi connectivity index (χ2n) is 10.5. The SMILES string of the molecule is C#CC1(O)CCC2C3OCC4=C(CCC(=O)C4)C3C(c3ccc(N(C)C)cc3)CC21C. The molecule has 164 valence electrons.